The van der Waals surface area contributed by atoms with E-state index in [4.69, 9.17) is 23.7 Å². The van der Waals surface area contributed by atoms with Crippen LogP contribution in [0.15, 0.2) is 59.7 Å². The fraction of sp³-hybridized carbons (Fsp3) is 0.417. The van der Waals surface area contributed by atoms with Crippen molar-refractivity contribution < 1.29 is 52.8 Å². The average Bonchev–Trinajstić information content (AvgIpc) is 3.03. The molecule has 4 aliphatic rings. The molecule has 0 saturated carbocycles. The zero-order valence-corrected chi connectivity index (χ0v) is 26.8. The van der Waals surface area contributed by atoms with Gasteiger partial charge in [0.25, 0.3) is 0 Å². The maximum atomic E-state index is 14.1. The highest BCUT2D eigenvalue weighted by molar-refractivity contribution is 6.15. The molecule has 2 aliphatic carbocycles. The summed E-state index contributed by atoms with van der Waals surface area (Å²) in [5.74, 6) is -2.31. The molecule has 0 bridgehead atoms. The number of aliphatic hydroxyl groups excluding tert-OH is 1. The van der Waals surface area contributed by atoms with E-state index in [1.54, 1.807) is 48.6 Å². The summed E-state index contributed by atoms with van der Waals surface area (Å²) in [5, 5.41) is 10.5. The van der Waals surface area contributed by atoms with Crippen LogP contribution in [-0.4, -0.2) is 71.2 Å². The Morgan fingerprint density at radius 3 is 1.64 bits per heavy atom. The molecule has 246 valence electrons. The SMILES string of the molecule is CC(=O)OC[C@]12Oc3ccc(-c4ccc5c(c4)C(=O)C4=CC[C@@H](C)[C@@H](OC(C)=O)[C@@]4(CO)O5)cc3C(=O)C1=CC[C@@H](C)[C@H]2OC(C)=O. The monoisotopic (exact) mass is 644 g/mol. The van der Waals surface area contributed by atoms with E-state index in [9.17, 15) is 29.1 Å². The Labute approximate surface area is 271 Å². The van der Waals surface area contributed by atoms with Crippen molar-refractivity contribution in [1.82, 2.24) is 0 Å². The van der Waals surface area contributed by atoms with Crippen molar-refractivity contribution in [3.8, 4) is 22.6 Å². The van der Waals surface area contributed by atoms with E-state index in [1.807, 2.05) is 13.8 Å². The maximum absolute atomic E-state index is 14.1. The predicted molar refractivity (Wildman–Crippen MR) is 166 cm³/mol. The van der Waals surface area contributed by atoms with Crippen molar-refractivity contribution >= 4 is 29.5 Å². The highest BCUT2D eigenvalue weighted by Gasteiger charge is 2.58. The number of ether oxygens (including phenoxy) is 5. The Kier molecular flexibility index (Phi) is 8.07. The van der Waals surface area contributed by atoms with Crippen LogP contribution >= 0.6 is 0 Å². The van der Waals surface area contributed by atoms with Crippen molar-refractivity contribution in [1.29, 1.82) is 0 Å². The van der Waals surface area contributed by atoms with E-state index >= 15 is 0 Å². The molecular weight excluding hydrogens is 608 g/mol. The van der Waals surface area contributed by atoms with Gasteiger partial charge in [-0.3, -0.25) is 24.0 Å². The minimum absolute atomic E-state index is 0.196. The van der Waals surface area contributed by atoms with E-state index in [1.165, 1.54) is 20.8 Å². The number of esters is 3. The van der Waals surface area contributed by atoms with E-state index < -0.39 is 47.9 Å². The number of carbonyl (C=O) groups is 5. The highest BCUT2D eigenvalue weighted by atomic mass is 16.6. The number of benzene rings is 2. The smallest absolute Gasteiger partial charge is 0.303 e. The summed E-state index contributed by atoms with van der Waals surface area (Å²) in [5.41, 5.74) is -0.819. The number of Topliss-reactive ketones (excluding diaryl/α,β-unsaturated/α-hetero) is 2. The predicted octanol–water partition coefficient (Wildman–Crippen LogP) is 4.33. The zero-order chi connectivity index (χ0) is 33.8. The minimum atomic E-state index is -1.53. The second-order valence-electron chi connectivity index (χ2n) is 12.7. The Morgan fingerprint density at radius 1 is 0.745 bits per heavy atom. The van der Waals surface area contributed by atoms with Crippen molar-refractivity contribution in [2.24, 2.45) is 11.8 Å². The van der Waals surface area contributed by atoms with Gasteiger partial charge < -0.3 is 28.8 Å². The molecule has 47 heavy (non-hydrogen) atoms. The molecular formula is C36H36O11. The zero-order valence-electron chi connectivity index (χ0n) is 26.8. The van der Waals surface area contributed by atoms with Gasteiger partial charge in [0.05, 0.1) is 17.7 Å². The lowest BCUT2D eigenvalue weighted by molar-refractivity contribution is -0.173. The Balaban J connectivity index is 1.38. The van der Waals surface area contributed by atoms with Gasteiger partial charge in [0, 0.05) is 43.8 Å². The lowest BCUT2D eigenvalue weighted by Crippen LogP contribution is -2.61. The van der Waals surface area contributed by atoms with E-state index in [0.717, 1.165) is 0 Å². The lowest BCUT2D eigenvalue weighted by atomic mass is 9.71. The van der Waals surface area contributed by atoms with Crippen LogP contribution in [0.2, 0.25) is 0 Å². The lowest BCUT2D eigenvalue weighted by Gasteiger charge is -2.47. The van der Waals surface area contributed by atoms with Crippen LogP contribution < -0.4 is 9.47 Å². The minimum Gasteiger partial charge on any atom is -0.475 e. The third-order valence-corrected chi connectivity index (χ3v) is 9.42. The van der Waals surface area contributed by atoms with Gasteiger partial charge in [0.1, 0.15) is 18.1 Å². The average molecular weight is 645 g/mol. The number of hydrogen-bond acceptors (Lipinski definition) is 11. The summed E-state index contributed by atoms with van der Waals surface area (Å²) >= 11 is 0. The summed E-state index contributed by atoms with van der Waals surface area (Å²) in [4.78, 5) is 63.9. The van der Waals surface area contributed by atoms with E-state index in [2.05, 4.69) is 0 Å². The molecule has 0 unspecified atom stereocenters. The summed E-state index contributed by atoms with van der Waals surface area (Å²) in [6.45, 7) is 6.65. The van der Waals surface area contributed by atoms with Crippen molar-refractivity contribution in [3.05, 3.63) is 70.8 Å². The van der Waals surface area contributed by atoms with Crippen molar-refractivity contribution in [2.75, 3.05) is 13.2 Å². The molecule has 0 fully saturated rings. The molecule has 11 heteroatoms. The van der Waals surface area contributed by atoms with Crippen LogP contribution in [-0.2, 0) is 28.6 Å². The van der Waals surface area contributed by atoms with Gasteiger partial charge in [-0.1, -0.05) is 38.1 Å². The Hall–Kier alpha value is -4.77. The normalized spacial score (nSPS) is 28.9. The van der Waals surface area contributed by atoms with Gasteiger partial charge in [-0.15, -0.1) is 0 Å². The van der Waals surface area contributed by atoms with Crippen LogP contribution in [0.5, 0.6) is 11.5 Å². The van der Waals surface area contributed by atoms with Crippen LogP contribution in [0.1, 0.15) is 68.2 Å². The fourth-order valence-corrected chi connectivity index (χ4v) is 7.24. The van der Waals surface area contributed by atoms with Crippen molar-refractivity contribution in [2.45, 2.75) is 70.9 Å². The molecule has 2 aromatic rings. The number of allylic oxidation sites excluding steroid dienone is 2. The standard InChI is InChI=1S/C36H36O11/c1-18-6-10-27-31(41)25-14-23(8-12-29(25)46-35(27,16-37)33(18)44-21(4)39)24-9-13-30-26(15-24)32(42)28-11-7-19(2)34(45-22(5)40)36(28,47-30)17-43-20(3)38/h8-15,18-19,33-34,37H,6-7,16-17H2,1-5H3/t18-,19-,33-,34-,35+,36+/m1/s1. The molecule has 1 N–H and O–H groups in total. The molecule has 0 amide bonds. The largest absolute Gasteiger partial charge is 0.475 e. The van der Waals surface area contributed by atoms with Crippen LogP contribution in [0, 0.1) is 11.8 Å². The molecule has 11 nitrogen and oxygen atoms in total. The Morgan fingerprint density at radius 2 is 1.19 bits per heavy atom. The number of ketones is 2. The first-order chi connectivity index (χ1) is 22.3. The molecule has 0 saturated heterocycles. The van der Waals surface area contributed by atoms with Gasteiger partial charge in [-0.25, -0.2) is 0 Å². The van der Waals surface area contributed by atoms with Crippen molar-refractivity contribution in [3.63, 3.8) is 0 Å². The van der Waals surface area contributed by atoms with E-state index in [0.29, 0.717) is 24.0 Å². The third-order valence-electron chi connectivity index (χ3n) is 9.42. The number of aliphatic hydroxyl groups is 1. The Bertz CT molecular complexity index is 1770. The highest BCUT2D eigenvalue weighted by Crippen LogP contribution is 2.48. The summed E-state index contributed by atoms with van der Waals surface area (Å²) in [7, 11) is 0. The molecule has 2 aliphatic heterocycles. The second-order valence-corrected chi connectivity index (χ2v) is 12.7. The summed E-state index contributed by atoms with van der Waals surface area (Å²) < 4.78 is 29.4. The quantitative estimate of drug-likeness (QED) is 0.353. The summed E-state index contributed by atoms with van der Waals surface area (Å²) in [6, 6.07) is 10.1. The number of rotatable bonds is 6. The third kappa shape index (κ3) is 5.22. The first kappa shape index (κ1) is 32.2. The molecule has 0 aromatic heterocycles. The van der Waals surface area contributed by atoms with Crippen LogP contribution in [0.3, 0.4) is 0 Å². The summed E-state index contributed by atoms with van der Waals surface area (Å²) in [6.07, 6.45) is 2.63. The van der Waals surface area contributed by atoms with E-state index in [-0.39, 0.29) is 63.8 Å². The van der Waals surface area contributed by atoms with Gasteiger partial charge >= 0.3 is 17.9 Å². The number of fused-ring (bicyclic) bond motifs is 4. The topological polar surface area (TPSA) is 152 Å². The second kappa shape index (κ2) is 11.8. The first-order valence-corrected chi connectivity index (χ1v) is 15.6. The van der Waals surface area contributed by atoms with Gasteiger partial charge in [0.15, 0.2) is 29.4 Å². The molecule has 0 radical (unpaired) electrons. The van der Waals surface area contributed by atoms with Gasteiger partial charge in [0.2, 0.25) is 5.60 Å². The molecule has 0 spiro atoms. The molecule has 2 aromatic carbocycles. The number of hydrogen-bond donors (Lipinski definition) is 1. The fourth-order valence-electron chi connectivity index (χ4n) is 7.24. The maximum Gasteiger partial charge on any atom is 0.303 e. The van der Waals surface area contributed by atoms with Crippen LogP contribution in [0.25, 0.3) is 11.1 Å². The van der Waals surface area contributed by atoms with Crippen LogP contribution in [0.4, 0.5) is 0 Å². The molecule has 6 atom stereocenters. The first-order valence-electron chi connectivity index (χ1n) is 15.6. The number of carbonyl (C=O) groups excluding carboxylic acids is 5. The van der Waals surface area contributed by atoms with Gasteiger partial charge in [-0.2, -0.15) is 0 Å². The molecule has 6 rings (SSSR count). The van der Waals surface area contributed by atoms with Gasteiger partial charge in [-0.05, 0) is 48.2 Å². The molecule has 2 heterocycles.